The molecule has 5 heteroatoms. The highest BCUT2D eigenvalue weighted by molar-refractivity contribution is 5.50. The van der Waals surface area contributed by atoms with Crippen LogP contribution in [0.4, 0.5) is 0 Å². The van der Waals surface area contributed by atoms with E-state index in [-0.39, 0.29) is 0 Å². The van der Waals surface area contributed by atoms with E-state index in [9.17, 15) is 0 Å². The molecular formula is C50H60O5. The third kappa shape index (κ3) is 8.99. The van der Waals surface area contributed by atoms with E-state index >= 15 is 0 Å². The van der Waals surface area contributed by atoms with Crippen LogP contribution in [0.5, 0.6) is 28.7 Å². The first-order valence-electron chi connectivity index (χ1n) is 19.9. The molecule has 0 spiro atoms. The molecule has 0 fully saturated rings. The lowest BCUT2D eigenvalue weighted by molar-refractivity contribution is 0.394. The van der Waals surface area contributed by atoms with Crippen LogP contribution < -0.4 is 23.7 Å². The molecule has 5 aromatic carbocycles. The number of ether oxygens (including phenoxy) is 5. The molecule has 0 aromatic heterocycles. The molecule has 10 aliphatic carbocycles. The van der Waals surface area contributed by atoms with Gasteiger partial charge in [0, 0.05) is 0 Å². The maximum absolute atomic E-state index is 6.00. The maximum atomic E-state index is 6.00. The number of rotatable bonds is 5. The van der Waals surface area contributed by atoms with Gasteiger partial charge in [0.25, 0.3) is 0 Å². The summed E-state index contributed by atoms with van der Waals surface area (Å²) < 4.78 is 30.0. The predicted molar refractivity (Wildman–Crippen MR) is 226 cm³/mol. The van der Waals surface area contributed by atoms with Gasteiger partial charge in [-0.3, -0.25) is 0 Å². The van der Waals surface area contributed by atoms with Gasteiger partial charge in [-0.1, -0.05) is 30.3 Å². The summed E-state index contributed by atoms with van der Waals surface area (Å²) in [7, 11) is 8.90. The van der Waals surface area contributed by atoms with E-state index in [0.29, 0.717) is 0 Å². The molecule has 5 nitrogen and oxygen atoms in total. The molecule has 0 radical (unpaired) electrons. The Balaban J connectivity index is 1.38. The van der Waals surface area contributed by atoms with Crippen molar-refractivity contribution in [1.82, 2.24) is 0 Å². The Bertz CT molecular complexity index is 2160. The molecule has 0 aliphatic heterocycles. The Morgan fingerprint density at radius 2 is 0.382 bits per heavy atom. The smallest absolute Gasteiger partial charge is 0.122 e. The largest absolute Gasteiger partial charge is 0.496 e. The zero-order valence-corrected chi connectivity index (χ0v) is 34.9. The highest BCUT2D eigenvalue weighted by atomic mass is 16.5. The predicted octanol–water partition coefficient (Wildman–Crippen LogP) is 10.5. The zero-order chi connectivity index (χ0) is 39.2. The summed E-state index contributed by atoms with van der Waals surface area (Å²) in [6, 6.07) is 22.9. The average Bonchev–Trinajstić information content (AvgIpc) is 3.18. The second-order valence-corrected chi connectivity index (χ2v) is 15.5. The fraction of sp³-hybridized carbons (Fsp3) is 0.400. The Morgan fingerprint density at radius 1 is 0.236 bits per heavy atom. The summed E-state index contributed by atoms with van der Waals surface area (Å²) in [6.45, 7) is 11.2. The summed E-state index contributed by atoms with van der Waals surface area (Å²) in [5.74, 6) is 4.70. The minimum atomic E-state index is 0.837. The van der Waals surface area contributed by atoms with Crippen LogP contribution in [0.15, 0.2) is 60.7 Å². The highest BCUT2D eigenvalue weighted by Gasteiger charge is 2.17. The lowest BCUT2D eigenvalue weighted by atomic mass is 9.90. The topological polar surface area (TPSA) is 46.2 Å². The van der Waals surface area contributed by atoms with Gasteiger partial charge in [-0.2, -0.15) is 0 Å². The summed E-state index contributed by atoms with van der Waals surface area (Å²) >= 11 is 0. The molecule has 0 atom stereocenters. The van der Waals surface area contributed by atoms with Crippen molar-refractivity contribution in [2.45, 2.75) is 98.8 Å². The quantitative estimate of drug-likeness (QED) is 0.180. The van der Waals surface area contributed by atoms with E-state index in [1.165, 1.54) is 77.9 Å². The number of methoxy groups -OCH3 is 5. The van der Waals surface area contributed by atoms with Gasteiger partial charge >= 0.3 is 0 Å². The molecule has 0 saturated heterocycles. The van der Waals surface area contributed by atoms with Crippen LogP contribution in [0.25, 0.3) is 0 Å². The van der Waals surface area contributed by atoms with Crippen LogP contribution in [0.1, 0.15) is 83.5 Å². The first-order valence-corrected chi connectivity index (χ1v) is 19.9. The van der Waals surface area contributed by atoms with Crippen molar-refractivity contribution in [1.29, 1.82) is 0 Å². The standard InChI is InChI=1S/C50H60O5/c1-31-22-37-12-19-44-29-50(55-10)45(30-49(44)54-9)20-15-40-28-48(53-8)43(25-35(40)5)18-14-39-27-47(52-7)42(24-34(39)4)17-13-38-26-46(51-6)41(23-33(38)3)16-11-36(31)21-32(37)2/h21-30H,11-20H2,1-10H3. The first kappa shape index (κ1) is 39.8. The molecule has 0 amide bonds. The van der Waals surface area contributed by atoms with E-state index in [2.05, 4.69) is 95.3 Å². The Hall–Kier alpha value is -4.90. The van der Waals surface area contributed by atoms with Crippen molar-refractivity contribution in [2.24, 2.45) is 0 Å². The second-order valence-electron chi connectivity index (χ2n) is 15.5. The van der Waals surface area contributed by atoms with Crippen molar-refractivity contribution in [3.8, 4) is 28.7 Å². The molecule has 55 heavy (non-hydrogen) atoms. The monoisotopic (exact) mass is 740 g/mol. The van der Waals surface area contributed by atoms with Crippen LogP contribution in [-0.4, -0.2) is 35.5 Å². The molecule has 0 unspecified atom stereocenters. The van der Waals surface area contributed by atoms with Gasteiger partial charge in [0.15, 0.2) is 0 Å². The van der Waals surface area contributed by atoms with Crippen molar-refractivity contribution >= 4 is 0 Å². The molecule has 5 aromatic rings. The molecule has 290 valence electrons. The second kappa shape index (κ2) is 17.7. The van der Waals surface area contributed by atoms with Gasteiger partial charge in [-0.05, 0) is 213 Å². The number of benzene rings is 5. The normalized spacial score (nSPS) is 13.6. The van der Waals surface area contributed by atoms with E-state index in [1.54, 1.807) is 35.5 Å². The van der Waals surface area contributed by atoms with Crippen LogP contribution in [-0.2, 0) is 64.2 Å². The van der Waals surface area contributed by atoms with Crippen LogP contribution >= 0.6 is 0 Å². The molecule has 10 bridgehead atoms. The van der Waals surface area contributed by atoms with Crippen LogP contribution in [0, 0.1) is 34.6 Å². The van der Waals surface area contributed by atoms with Gasteiger partial charge in [0.05, 0.1) is 35.5 Å². The van der Waals surface area contributed by atoms with Gasteiger partial charge < -0.3 is 23.7 Å². The van der Waals surface area contributed by atoms with Crippen molar-refractivity contribution in [3.05, 3.63) is 144 Å². The minimum Gasteiger partial charge on any atom is -0.496 e. The third-order valence-electron chi connectivity index (χ3n) is 12.0. The summed E-state index contributed by atoms with van der Waals surface area (Å²) in [4.78, 5) is 0. The Kier molecular flexibility index (Phi) is 12.8. The number of hydrogen-bond donors (Lipinski definition) is 0. The minimum absolute atomic E-state index is 0.837. The van der Waals surface area contributed by atoms with E-state index in [0.717, 1.165) is 98.5 Å². The zero-order valence-electron chi connectivity index (χ0n) is 34.9. The summed E-state index contributed by atoms with van der Waals surface area (Å²) in [6.07, 6.45) is 9.01. The van der Waals surface area contributed by atoms with E-state index in [4.69, 9.17) is 23.7 Å². The van der Waals surface area contributed by atoms with E-state index in [1.807, 2.05) is 0 Å². The van der Waals surface area contributed by atoms with Crippen LogP contribution in [0.2, 0.25) is 0 Å². The Labute approximate surface area is 330 Å². The molecule has 0 N–H and O–H groups in total. The summed E-state index contributed by atoms with van der Waals surface area (Å²) in [5.41, 5.74) is 19.2. The number of hydrogen-bond acceptors (Lipinski definition) is 5. The first-order chi connectivity index (χ1) is 26.5. The Morgan fingerprint density at radius 3 is 0.600 bits per heavy atom. The lowest BCUT2D eigenvalue weighted by Crippen LogP contribution is -2.05. The van der Waals surface area contributed by atoms with Crippen molar-refractivity contribution in [3.63, 3.8) is 0 Å². The molecule has 15 rings (SSSR count). The van der Waals surface area contributed by atoms with Crippen LogP contribution in [0.3, 0.4) is 0 Å². The van der Waals surface area contributed by atoms with Gasteiger partial charge in [-0.25, -0.2) is 0 Å². The lowest BCUT2D eigenvalue weighted by Gasteiger charge is -2.19. The summed E-state index contributed by atoms with van der Waals surface area (Å²) in [5, 5.41) is 0. The average molecular weight is 741 g/mol. The van der Waals surface area contributed by atoms with Gasteiger partial charge in [0.1, 0.15) is 28.7 Å². The van der Waals surface area contributed by atoms with Gasteiger partial charge in [0.2, 0.25) is 0 Å². The highest BCUT2D eigenvalue weighted by Crippen LogP contribution is 2.34. The number of aryl methyl sites for hydroxylation is 15. The van der Waals surface area contributed by atoms with E-state index < -0.39 is 0 Å². The maximum Gasteiger partial charge on any atom is 0.122 e. The third-order valence-corrected chi connectivity index (χ3v) is 12.0. The fourth-order valence-electron chi connectivity index (χ4n) is 8.57. The molecule has 0 saturated carbocycles. The molecule has 0 heterocycles. The van der Waals surface area contributed by atoms with Gasteiger partial charge in [-0.15, -0.1) is 0 Å². The molecule has 10 aliphatic rings. The SMILES string of the molecule is COc1cc2c(C)cc1CCc1cc(C)c(cc1C)CCc1cc(OC)c(cc1OC)CCc1cc(OC)c(cc1C)CCc1cc(OC)c(cc1C)CC2. The molecular weight excluding hydrogens is 681 g/mol. The fourth-order valence-corrected chi connectivity index (χ4v) is 8.57. The van der Waals surface area contributed by atoms with Crippen molar-refractivity contribution in [2.75, 3.05) is 35.5 Å². The van der Waals surface area contributed by atoms with Crippen molar-refractivity contribution < 1.29 is 23.7 Å².